The summed E-state index contributed by atoms with van der Waals surface area (Å²) < 4.78 is 3.15. The molecule has 0 unspecified atom stereocenters. The fraction of sp³-hybridized carbons (Fsp3) is 0. The molecule has 0 fully saturated rings. The third kappa shape index (κ3) is 1.90. The van der Waals surface area contributed by atoms with Crippen molar-refractivity contribution < 1.29 is 9.90 Å². The Morgan fingerprint density at radius 1 is 1.14 bits per heavy atom. The minimum Gasteiger partial charge on any atom is -0.478 e. The lowest BCUT2D eigenvalue weighted by Crippen LogP contribution is -1.97. The zero-order valence-corrected chi connectivity index (χ0v) is 11.7. The van der Waals surface area contributed by atoms with E-state index in [1.165, 1.54) is 10.1 Å². The monoisotopic (exact) mass is 294 g/mol. The molecule has 0 bridgehead atoms. The average molecular weight is 294 g/mol. The molecule has 102 valence electrons. The second-order valence-electron chi connectivity index (χ2n) is 4.77. The third-order valence-corrected chi connectivity index (χ3v) is 4.41. The van der Waals surface area contributed by atoms with Crippen LogP contribution in [-0.2, 0) is 0 Å². The van der Waals surface area contributed by atoms with Crippen LogP contribution in [0.25, 0.3) is 26.8 Å². The van der Waals surface area contributed by atoms with Crippen LogP contribution < -0.4 is 0 Å². The Bertz CT molecular complexity index is 984. The highest BCUT2D eigenvalue weighted by Gasteiger charge is 2.09. The molecule has 2 aromatic carbocycles. The second kappa shape index (κ2) is 4.43. The van der Waals surface area contributed by atoms with Crippen LogP contribution in [0.3, 0.4) is 0 Å². The van der Waals surface area contributed by atoms with Gasteiger partial charge in [-0.25, -0.2) is 9.78 Å². The fourth-order valence-corrected chi connectivity index (χ4v) is 3.22. The molecule has 1 N–H and O–H groups in total. The van der Waals surface area contributed by atoms with E-state index in [0.717, 1.165) is 16.7 Å². The molecule has 4 rings (SSSR count). The first-order valence-corrected chi connectivity index (χ1v) is 7.28. The lowest BCUT2D eigenvalue weighted by atomic mass is 10.2. The minimum absolute atomic E-state index is 0.265. The molecule has 4 aromatic rings. The van der Waals surface area contributed by atoms with Crippen molar-refractivity contribution in [2.24, 2.45) is 0 Å². The van der Waals surface area contributed by atoms with E-state index < -0.39 is 5.97 Å². The fourth-order valence-electron chi connectivity index (χ4n) is 2.45. The number of nitrogens with zero attached hydrogens (tertiary/aromatic N) is 2. The summed E-state index contributed by atoms with van der Waals surface area (Å²) >= 11 is 1.70. The number of imidazole rings is 1. The molecule has 0 atom stereocenters. The van der Waals surface area contributed by atoms with Gasteiger partial charge in [0.15, 0.2) is 0 Å². The summed E-state index contributed by atoms with van der Waals surface area (Å²) in [5, 5.41) is 12.4. The van der Waals surface area contributed by atoms with Crippen LogP contribution in [0.5, 0.6) is 0 Å². The van der Waals surface area contributed by atoms with Crippen molar-refractivity contribution in [1.29, 1.82) is 0 Å². The molecule has 0 amide bonds. The molecule has 0 aliphatic rings. The normalized spacial score (nSPS) is 11.2. The van der Waals surface area contributed by atoms with Gasteiger partial charge in [0.2, 0.25) is 0 Å². The van der Waals surface area contributed by atoms with Gasteiger partial charge < -0.3 is 5.11 Å². The zero-order valence-electron chi connectivity index (χ0n) is 10.9. The maximum absolute atomic E-state index is 11.1. The molecular weight excluding hydrogens is 284 g/mol. The van der Waals surface area contributed by atoms with Crippen LogP contribution in [0.15, 0.2) is 54.2 Å². The van der Waals surface area contributed by atoms with Gasteiger partial charge in [-0.2, -0.15) is 0 Å². The van der Waals surface area contributed by atoms with Gasteiger partial charge in [-0.3, -0.25) is 4.57 Å². The number of carboxylic acids is 1. The molecule has 2 aromatic heterocycles. The van der Waals surface area contributed by atoms with E-state index in [1.807, 2.05) is 10.6 Å². The zero-order chi connectivity index (χ0) is 14.4. The number of hydrogen-bond acceptors (Lipinski definition) is 3. The molecule has 0 aliphatic heterocycles. The van der Waals surface area contributed by atoms with Gasteiger partial charge >= 0.3 is 5.97 Å². The molecule has 0 radical (unpaired) electrons. The van der Waals surface area contributed by atoms with Crippen LogP contribution in [0, 0.1) is 0 Å². The number of aromatic nitrogens is 2. The molecule has 2 heterocycles. The van der Waals surface area contributed by atoms with Crippen molar-refractivity contribution in [2.75, 3.05) is 0 Å². The maximum atomic E-state index is 11.1. The van der Waals surface area contributed by atoms with Gasteiger partial charge in [-0.05, 0) is 53.2 Å². The highest BCUT2D eigenvalue weighted by Crippen LogP contribution is 2.26. The maximum Gasteiger partial charge on any atom is 0.335 e. The molecular formula is C16H10N2O2S. The van der Waals surface area contributed by atoms with Crippen molar-refractivity contribution in [3.8, 4) is 5.69 Å². The molecule has 0 saturated carbocycles. The van der Waals surface area contributed by atoms with E-state index in [1.54, 1.807) is 35.9 Å². The van der Waals surface area contributed by atoms with E-state index >= 15 is 0 Å². The Morgan fingerprint density at radius 3 is 2.90 bits per heavy atom. The van der Waals surface area contributed by atoms with Gasteiger partial charge in [0.05, 0.1) is 16.6 Å². The summed E-state index contributed by atoms with van der Waals surface area (Å²) in [7, 11) is 0. The third-order valence-electron chi connectivity index (χ3n) is 3.51. The first kappa shape index (κ1) is 12.1. The number of carboxylic acid groups (broad SMARTS) is 1. The van der Waals surface area contributed by atoms with E-state index in [-0.39, 0.29) is 5.56 Å². The van der Waals surface area contributed by atoms with E-state index in [9.17, 15) is 4.79 Å². The van der Waals surface area contributed by atoms with Crippen molar-refractivity contribution in [3.63, 3.8) is 0 Å². The number of hydrogen-bond donors (Lipinski definition) is 1. The number of carbonyl (C=O) groups is 1. The van der Waals surface area contributed by atoms with Gasteiger partial charge in [0.25, 0.3) is 0 Å². The Kier molecular flexibility index (Phi) is 2.55. The lowest BCUT2D eigenvalue weighted by molar-refractivity contribution is 0.0697. The highest BCUT2D eigenvalue weighted by molar-refractivity contribution is 7.17. The molecule has 5 heteroatoms. The molecule has 0 saturated heterocycles. The summed E-state index contributed by atoms with van der Waals surface area (Å²) in [5.41, 5.74) is 2.82. The smallest absolute Gasteiger partial charge is 0.335 e. The van der Waals surface area contributed by atoms with E-state index in [2.05, 4.69) is 28.6 Å². The standard InChI is InChI=1S/C16H10N2O2S/c19-16(20)11-1-3-13-14(8-11)18(9-17-13)12-2-4-15-10(7-12)5-6-21-15/h1-9H,(H,19,20). The number of aromatic carboxylic acids is 1. The van der Waals surface area contributed by atoms with Crippen molar-refractivity contribution in [3.05, 3.63) is 59.7 Å². The highest BCUT2D eigenvalue weighted by atomic mass is 32.1. The van der Waals surface area contributed by atoms with Crippen LogP contribution in [0.1, 0.15) is 10.4 Å². The van der Waals surface area contributed by atoms with Crippen LogP contribution in [-0.4, -0.2) is 20.6 Å². The van der Waals surface area contributed by atoms with Crippen molar-refractivity contribution in [2.45, 2.75) is 0 Å². The summed E-state index contributed by atoms with van der Waals surface area (Å²) in [6, 6.07) is 13.2. The Balaban J connectivity index is 1.96. The Labute approximate surface area is 123 Å². The topological polar surface area (TPSA) is 55.1 Å². The second-order valence-corrected chi connectivity index (χ2v) is 5.71. The SMILES string of the molecule is O=C(O)c1ccc2ncn(-c3ccc4sccc4c3)c2c1. The molecule has 4 nitrogen and oxygen atoms in total. The molecule has 0 spiro atoms. The van der Waals surface area contributed by atoms with Crippen LogP contribution in [0.2, 0.25) is 0 Å². The Hall–Kier alpha value is -2.66. The molecule has 21 heavy (non-hydrogen) atoms. The number of rotatable bonds is 2. The molecule has 0 aliphatic carbocycles. The van der Waals surface area contributed by atoms with Crippen molar-refractivity contribution >= 4 is 38.4 Å². The average Bonchev–Trinajstić information content (AvgIpc) is 3.12. The lowest BCUT2D eigenvalue weighted by Gasteiger charge is -2.05. The summed E-state index contributed by atoms with van der Waals surface area (Å²) in [6.07, 6.45) is 1.73. The summed E-state index contributed by atoms with van der Waals surface area (Å²) in [4.78, 5) is 15.5. The van der Waals surface area contributed by atoms with Gasteiger partial charge in [-0.1, -0.05) is 0 Å². The number of fused-ring (bicyclic) bond motifs is 2. The first-order chi connectivity index (χ1) is 10.2. The Morgan fingerprint density at radius 2 is 2.05 bits per heavy atom. The first-order valence-electron chi connectivity index (χ1n) is 6.40. The predicted molar refractivity (Wildman–Crippen MR) is 83.4 cm³/mol. The van der Waals surface area contributed by atoms with Crippen LogP contribution >= 0.6 is 11.3 Å². The quantitative estimate of drug-likeness (QED) is 0.609. The largest absolute Gasteiger partial charge is 0.478 e. The number of thiophene rings is 1. The minimum atomic E-state index is -0.932. The predicted octanol–water partition coefficient (Wildman–Crippen LogP) is 3.94. The van der Waals surface area contributed by atoms with E-state index in [0.29, 0.717) is 0 Å². The van der Waals surface area contributed by atoms with Crippen molar-refractivity contribution in [1.82, 2.24) is 9.55 Å². The summed E-state index contributed by atoms with van der Waals surface area (Å²) in [6.45, 7) is 0. The van der Waals surface area contributed by atoms with Gasteiger partial charge in [0.1, 0.15) is 6.33 Å². The number of benzene rings is 2. The summed E-state index contributed by atoms with van der Waals surface area (Å²) in [5.74, 6) is -0.932. The van der Waals surface area contributed by atoms with Gasteiger partial charge in [-0.15, -0.1) is 11.3 Å². The van der Waals surface area contributed by atoms with E-state index in [4.69, 9.17) is 5.11 Å². The van der Waals surface area contributed by atoms with Crippen LogP contribution in [0.4, 0.5) is 0 Å². The van der Waals surface area contributed by atoms with Gasteiger partial charge in [0, 0.05) is 10.4 Å².